The number of hydrogen-bond donors (Lipinski definition) is 3. The molecule has 0 saturated heterocycles. The molecular weight excluding hydrogens is 300 g/mol. The number of rotatable bonds is 2. The van der Waals surface area contributed by atoms with E-state index < -0.39 is 0 Å². The Bertz CT molecular complexity index is 782. The van der Waals surface area contributed by atoms with Crippen LogP contribution in [0.15, 0.2) is 58.4 Å². The number of benzene rings is 2. The zero-order valence-corrected chi connectivity index (χ0v) is 12.2. The number of anilines is 1. The van der Waals surface area contributed by atoms with Crippen molar-refractivity contribution in [3.8, 4) is 11.5 Å². The number of amides is 1. The summed E-state index contributed by atoms with van der Waals surface area (Å²) in [5.41, 5.74) is 1.47. The molecule has 0 fully saturated rings. The predicted octanol–water partition coefficient (Wildman–Crippen LogP) is 3.18. The highest BCUT2D eigenvalue weighted by atomic mass is 32.2. The first-order chi connectivity index (χ1) is 10.6. The van der Waals surface area contributed by atoms with E-state index in [1.54, 1.807) is 54.6 Å². The Kier molecular flexibility index (Phi) is 3.84. The number of nitrogens with zero attached hydrogens (tertiary/aromatic N) is 1. The Morgan fingerprint density at radius 2 is 1.82 bits per heavy atom. The Labute approximate surface area is 131 Å². The molecule has 0 saturated carbocycles. The quantitative estimate of drug-likeness (QED) is 0.586. The second-order valence-corrected chi connectivity index (χ2v) is 5.63. The van der Waals surface area contributed by atoms with Crippen LogP contribution in [0.3, 0.4) is 0 Å². The molecule has 1 heterocycles. The van der Waals surface area contributed by atoms with Crippen LogP contribution in [0.4, 0.5) is 5.69 Å². The summed E-state index contributed by atoms with van der Waals surface area (Å²) in [6.07, 6.45) is 1.68. The lowest BCUT2D eigenvalue weighted by Crippen LogP contribution is -2.04. The first kappa shape index (κ1) is 14.2. The van der Waals surface area contributed by atoms with E-state index in [0.29, 0.717) is 10.1 Å². The van der Waals surface area contributed by atoms with E-state index in [0.717, 1.165) is 11.3 Å². The van der Waals surface area contributed by atoms with Crippen LogP contribution >= 0.6 is 11.8 Å². The number of nitrogens with one attached hydrogen (secondary N) is 1. The Hall–Kier alpha value is -2.73. The third-order valence-electron chi connectivity index (χ3n) is 2.91. The third-order valence-corrected chi connectivity index (χ3v) is 3.81. The van der Waals surface area contributed by atoms with Gasteiger partial charge in [0, 0.05) is 5.69 Å². The number of carbonyl (C=O) groups excluding carboxylic acids is 1. The standard InChI is InChI=1S/C16H12N2O3S/c19-12-6-4-11(5-7-12)17-16-18-15(21)14(22-16)9-10-2-1-3-13(20)8-10/h1-9,19-20H,(H,17,18,21). The maximum Gasteiger partial charge on any atom is 0.286 e. The molecule has 22 heavy (non-hydrogen) atoms. The molecule has 110 valence electrons. The summed E-state index contributed by atoms with van der Waals surface area (Å²) in [7, 11) is 0. The molecule has 6 heteroatoms. The first-order valence-electron chi connectivity index (χ1n) is 6.48. The van der Waals surface area contributed by atoms with Gasteiger partial charge in [-0.2, -0.15) is 4.99 Å². The van der Waals surface area contributed by atoms with Crippen molar-refractivity contribution in [1.82, 2.24) is 0 Å². The number of phenols is 2. The highest BCUT2D eigenvalue weighted by Gasteiger charge is 2.21. The number of carbonyl (C=O) groups is 1. The molecule has 1 amide bonds. The van der Waals surface area contributed by atoms with Gasteiger partial charge in [0.2, 0.25) is 0 Å². The van der Waals surface area contributed by atoms with Crippen molar-refractivity contribution in [2.45, 2.75) is 0 Å². The maximum absolute atomic E-state index is 11.9. The number of aromatic hydroxyl groups is 2. The fourth-order valence-corrected chi connectivity index (χ4v) is 2.73. The lowest BCUT2D eigenvalue weighted by Gasteiger charge is -2.04. The molecule has 2 aromatic rings. The van der Waals surface area contributed by atoms with E-state index in [2.05, 4.69) is 10.3 Å². The summed E-state index contributed by atoms with van der Waals surface area (Å²) < 4.78 is 0. The molecule has 5 nitrogen and oxygen atoms in total. The minimum Gasteiger partial charge on any atom is -0.508 e. The van der Waals surface area contributed by atoms with Crippen LogP contribution in [-0.2, 0) is 4.79 Å². The first-order valence-corrected chi connectivity index (χ1v) is 7.29. The molecule has 0 aliphatic carbocycles. The molecule has 0 atom stereocenters. The summed E-state index contributed by atoms with van der Waals surface area (Å²) in [4.78, 5) is 16.3. The van der Waals surface area contributed by atoms with Crippen molar-refractivity contribution in [3.63, 3.8) is 0 Å². The van der Waals surface area contributed by atoms with E-state index >= 15 is 0 Å². The molecule has 2 aromatic carbocycles. The number of phenolic OH excluding ortho intramolecular Hbond substituents is 2. The molecule has 0 unspecified atom stereocenters. The van der Waals surface area contributed by atoms with E-state index in [-0.39, 0.29) is 17.4 Å². The van der Waals surface area contributed by atoms with Crippen molar-refractivity contribution in [1.29, 1.82) is 0 Å². The van der Waals surface area contributed by atoms with E-state index in [4.69, 9.17) is 0 Å². The molecule has 0 spiro atoms. The highest BCUT2D eigenvalue weighted by Crippen LogP contribution is 2.30. The molecule has 0 bridgehead atoms. The van der Waals surface area contributed by atoms with E-state index in [1.807, 2.05) is 0 Å². The monoisotopic (exact) mass is 312 g/mol. The molecule has 0 aromatic heterocycles. The van der Waals surface area contributed by atoms with Crippen molar-refractivity contribution in [3.05, 3.63) is 59.0 Å². The van der Waals surface area contributed by atoms with Crippen molar-refractivity contribution in [2.75, 3.05) is 5.32 Å². The number of thioether (sulfide) groups is 1. The Morgan fingerprint density at radius 3 is 2.55 bits per heavy atom. The van der Waals surface area contributed by atoms with Gasteiger partial charge in [-0.05, 0) is 59.8 Å². The average molecular weight is 312 g/mol. The summed E-state index contributed by atoms with van der Waals surface area (Å²) in [5, 5.41) is 22.2. The fourth-order valence-electron chi connectivity index (χ4n) is 1.90. The lowest BCUT2D eigenvalue weighted by molar-refractivity contribution is -0.113. The minimum atomic E-state index is -0.324. The van der Waals surface area contributed by atoms with Crippen LogP contribution in [0, 0.1) is 0 Å². The van der Waals surface area contributed by atoms with Crippen LogP contribution in [0.2, 0.25) is 0 Å². The number of amidine groups is 1. The molecular formula is C16H12N2O3S. The van der Waals surface area contributed by atoms with E-state index in [9.17, 15) is 15.0 Å². The van der Waals surface area contributed by atoms with Crippen LogP contribution in [0.1, 0.15) is 5.56 Å². The smallest absolute Gasteiger partial charge is 0.286 e. The zero-order chi connectivity index (χ0) is 15.5. The van der Waals surface area contributed by atoms with Crippen molar-refractivity contribution >= 4 is 34.6 Å². The van der Waals surface area contributed by atoms with Gasteiger partial charge in [0.1, 0.15) is 11.5 Å². The molecule has 0 radical (unpaired) electrons. The van der Waals surface area contributed by atoms with Crippen LogP contribution in [0.25, 0.3) is 6.08 Å². The second-order valence-electron chi connectivity index (χ2n) is 4.60. The van der Waals surface area contributed by atoms with E-state index in [1.165, 1.54) is 11.8 Å². The fraction of sp³-hybridized carbons (Fsp3) is 0. The summed E-state index contributed by atoms with van der Waals surface area (Å²) in [5.74, 6) is -0.00473. The van der Waals surface area contributed by atoms with Gasteiger partial charge < -0.3 is 15.5 Å². The van der Waals surface area contributed by atoms with Crippen molar-refractivity contribution < 1.29 is 15.0 Å². The highest BCUT2D eigenvalue weighted by molar-refractivity contribution is 8.18. The maximum atomic E-state index is 11.9. The summed E-state index contributed by atoms with van der Waals surface area (Å²) in [6, 6.07) is 13.1. The summed E-state index contributed by atoms with van der Waals surface area (Å²) in [6.45, 7) is 0. The third kappa shape index (κ3) is 3.29. The Morgan fingerprint density at radius 1 is 1.05 bits per heavy atom. The predicted molar refractivity (Wildman–Crippen MR) is 87.8 cm³/mol. The van der Waals surface area contributed by atoms with Gasteiger partial charge in [-0.25, -0.2) is 0 Å². The van der Waals surface area contributed by atoms with Gasteiger partial charge in [-0.3, -0.25) is 4.79 Å². The van der Waals surface area contributed by atoms with Crippen molar-refractivity contribution in [2.24, 2.45) is 4.99 Å². The van der Waals surface area contributed by atoms with Gasteiger partial charge >= 0.3 is 0 Å². The minimum absolute atomic E-state index is 0.146. The SMILES string of the molecule is O=C1N=C(Nc2ccc(O)cc2)SC1=Cc1cccc(O)c1. The molecule has 1 aliphatic heterocycles. The average Bonchev–Trinajstić information content (AvgIpc) is 2.81. The van der Waals surface area contributed by atoms with Gasteiger partial charge in [0.25, 0.3) is 5.91 Å². The normalized spacial score (nSPS) is 15.9. The topological polar surface area (TPSA) is 81.9 Å². The molecule has 3 N–H and O–H groups in total. The lowest BCUT2D eigenvalue weighted by atomic mass is 10.2. The second kappa shape index (κ2) is 5.95. The Balaban J connectivity index is 1.74. The van der Waals surface area contributed by atoms with Crippen LogP contribution < -0.4 is 5.32 Å². The molecule has 3 rings (SSSR count). The zero-order valence-electron chi connectivity index (χ0n) is 11.4. The van der Waals surface area contributed by atoms with Gasteiger partial charge in [-0.15, -0.1) is 0 Å². The largest absolute Gasteiger partial charge is 0.508 e. The van der Waals surface area contributed by atoms with Crippen LogP contribution in [0.5, 0.6) is 11.5 Å². The van der Waals surface area contributed by atoms with Crippen LogP contribution in [-0.4, -0.2) is 21.3 Å². The molecule has 1 aliphatic rings. The number of hydrogen-bond acceptors (Lipinski definition) is 5. The van der Waals surface area contributed by atoms with Gasteiger partial charge in [0.15, 0.2) is 5.17 Å². The van der Waals surface area contributed by atoms with Gasteiger partial charge in [-0.1, -0.05) is 12.1 Å². The van der Waals surface area contributed by atoms with Gasteiger partial charge in [0.05, 0.1) is 4.91 Å². The summed E-state index contributed by atoms with van der Waals surface area (Å²) >= 11 is 1.22. The number of aliphatic imine (C=N–C) groups is 1.